The van der Waals surface area contributed by atoms with Gasteiger partial charge in [-0.1, -0.05) is 13.8 Å². The number of nitrogens with zero attached hydrogens (tertiary/aromatic N) is 1. The third kappa shape index (κ3) is 1.80. The smallest absolute Gasteiger partial charge is 0.141 e. The van der Waals surface area contributed by atoms with Crippen LogP contribution in [0.5, 0.6) is 0 Å². The van der Waals surface area contributed by atoms with E-state index in [1.165, 1.54) is 6.42 Å². The second kappa shape index (κ2) is 3.13. The van der Waals surface area contributed by atoms with Crippen molar-refractivity contribution in [1.29, 1.82) is 0 Å². The monoisotopic (exact) mass is 192 g/mol. The largest absolute Gasteiger partial charge is 0.382 e. The van der Waals surface area contributed by atoms with Crippen LogP contribution in [0.3, 0.4) is 0 Å². The fraction of sp³-hybridized carbons (Fsp3) is 0.500. The Labute approximate surface area is 83.9 Å². The Hall–Kier alpha value is -1.29. The van der Waals surface area contributed by atoms with E-state index in [0.717, 1.165) is 5.69 Å². The molecule has 1 fully saturated rings. The van der Waals surface area contributed by atoms with Gasteiger partial charge in [0.1, 0.15) is 5.82 Å². The van der Waals surface area contributed by atoms with Crippen LogP contribution in [0.15, 0.2) is 18.3 Å². The van der Waals surface area contributed by atoms with Gasteiger partial charge < -0.3 is 10.7 Å². The summed E-state index contributed by atoms with van der Waals surface area (Å²) < 4.78 is 0. The summed E-state index contributed by atoms with van der Waals surface area (Å²) in [4.78, 5) is 4.05. The molecule has 0 bridgehead atoms. The zero-order valence-corrected chi connectivity index (χ0v) is 8.54. The topological polar surface area (TPSA) is 63.0 Å². The first kappa shape index (κ1) is 9.27. The lowest BCUT2D eigenvalue weighted by Gasteiger charge is -2.08. The van der Waals surface area contributed by atoms with Crippen LogP contribution in [0.1, 0.15) is 20.3 Å². The van der Waals surface area contributed by atoms with Crippen molar-refractivity contribution in [2.45, 2.75) is 26.3 Å². The molecule has 0 aliphatic heterocycles. The standard InChI is InChI=1S/C10H16N4/c1-10(2)6-8(10)13-7-3-4-12-9(5-7)14-11/h3-5,8H,6,11H2,1-2H3,(H2,12,13,14). The lowest BCUT2D eigenvalue weighted by atomic mass is 10.2. The van der Waals surface area contributed by atoms with Crippen LogP contribution in [0.4, 0.5) is 11.5 Å². The Balaban J connectivity index is 2.03. The molecule has 1 aliphatic carbocycles. The second-order valence-corrected chi connectivity index (χ2v) is 4.46. The number of anilines is 2. The first-order valence-electron chi connectivity index (χ1n) is 4.81. The molecule has 2 rings (SSSR count). The molecule has 0 aromatic carbocycles. The van der Waals surface area contributed by atoms with Gasteiger partial charge in [-0.3, -0.25) is 0 Å². The lowest BCUT2D eigenvalue weighted by Crippen LogP contribution is -2.11. The van der Waals surface area contributed by atoms with Gasteiger partial charge in [-0.05, 0) is 17.9 Å². The van der Waals surface area contributed by atoms with E-state index in [1.54, 1.807) is 6.20 Å². The predicted octanol–water partition coefficient (Wildman–Crippen LogP) is 1.58. The van der Waals surface area contributed by atoms with Gasteiger partial charge >= 0.3 is 0 Å². The third-order valence-electron chi connectivity index (χ3n) is 2.76. The van der Waals surface area contributed by atoms with Gasteiger partial charge in [-0.25, -0.2) is 10.8 Å². The molecule has 1 aromatic heterocycles. The Bertz CT molecular complexity index is 335. The van der Waals surface area contributed by atoms with E-state index >= 15 is 0 Å². The minimum atomic E-state index is 0.430. The van der Waals surface area contributed by atoms with E-state index < -0.39 is 0 Å². The molecular formula is C10H16N4. The van der Waals surface area contributed by atoms with Crippen molar-refractivity contribution in [2.75, 3.05) is 10.7 Å². The maximum atomic E-state index is 5.28. The Morgan fingerprint density at radius 1 is 1.57 bits per heavy atom. The summed E-state index contributed by atoms with van der Waals surface area (Å²) in [6.07, 6.45) is 2.97. The molecule has 4 nitrogen and oxygen atoms in total. The number of aromatic nitrogens is 1. The highest BCUT2D eigenvalue weighted by molar-refractivity contribution is 5.53. The summed E-state index contributed by atoms with van der Waals surface area (Å²) in [5.74, 6) is 5.97. The fourth-order valence-electron chi connectivity index (χ4n) is 1.51. The van der Waals surface area contributed by atoms with Crippen LogP contribution < -0.4 is 16.6 Å². The maximum Gasteiger partial charge on any atom is 0.141 e. The molecule has 1 aliphatic rings. The third-order valence-corrected chi connectivity index (χ3v) is 2.76. The van der Waals surface area contributed by atoms with Crippen LogP contribution in [0.2, 0.25) is 0 Å². The Kier molecular flexibility index (Phi) is 2.07. The zero-order chi connectivity index (χ0) is 10.2. The first-order valence-corrected chi connectivity index (χ1v) is 4.81. The molecule has 0 radical (unpaired) electrons. The molecule has 1 atom stereocenters. The van der Waals surface area contributed by atoms with Crippen molar-refractivity contribution in [1.82, 2.24) is 4.98 Å². The average molecular weight is 192 g/mol. The van der Waals surface area contributed by atoms with Crippen LogP contribution in [-0.4, -0.2) is 11.0 Å². The molecule has 1 unspecified atom stereocenters. The highest BCUT2D eigenvalue weighted by atomic mass is 15.2. The first-order chi connectivity index (χ1) is 6.62. The van der Waals surface area contributed by atoms with Crippen molar-refractivity contribution in [3.63, 3.8) is 0 Å². The summed E-state index contributed by atoms with van der Waals surface area (Å²) in [7, 11) is 0. The molecule has 0 spiro atoms. The minimum Gasteiger partial charge on any atom is -0.382 e. The SMILES string of the molecule is CC1(C)CC1Nc1ccnc(NN)c1. The molecular weight excluding hydrogens is 176 g/mol. The number of nitrogens with two attached hydrogens (primary N) is 1. The Morgan fingerprint density at radius 2 is 2.29 bits per heavy atom. The zero-order valence-electron chi connectivity index (χ0n) is 8.54. The lowest BCUT2D eigenvalue weighted by molar-refractivity contribution is 0.630. The number of hydrazine groups is 1. The van der Waals surface area contributed by atoms with Crippen molar-refractivity contribution >= 4 is 11.5 Å². The average Bonchev–Trinajstić information content (AvgIpc) is 2.74. The number of hydrogen-bond donors (Lipinski definition) is 3. The van der Waals surface area contributed by atoms with E-state index in [0.29, 0.717) is 17.3 Å². The van der Waals surface area contributed by atoms with E-state index in [2.05, 4.69) is 29.6 Å². The van der Waals surface area contributed by atoms with Crippen molar-refractivity contribution in [3.05, 3.63) is 18.3 Å². The normalized spacial score (nSPS) is 22.9. The van der Waals surface area contributed by atoms with E-state index in [9.17, 15) is 0 Å². The van der Waals surface area contributed by atoms with Gasteiger partial charge in [-0.2, -0.15) is 0 Å². The molecule has 0 saturated heterocycles. The number of hydrogen-bond acceptors (Lipinski definition) is 4. The molecule has 1 aromatic rings. The highest BCUT2D eigenvalue weighted by Crippen LogP contribution is 2.46. The van der Waals surface area contributed by atoms with E-state index in [-0.39, 0.29) is 0 Å². The molecule has 1 saturated carbocycles. The van der Waals surface area contributed by atoms with Gasteiger partial charge in [0.2, 0.25) is 0 Å². The van der Waals surface area contributed by atoms with Gasteiger partial charge in [-0.15, -0.1) is 0 Å². The van der Waals surface area contributed by atoms with Crippen molar-refractivity contribution in [2.24, 2.45) is 11.3 Å². The maximum absolute atomic E-state index is 5.28. The van der Waals surface area contributed by atoms with Crippen molar-refractivity contribution in [3.8, 4) is 0 Å². The molecule has 1 heterocycles. The van der Waals surface area contributed by atoms with Gasteiger partial charge in [0, 0.05) is 24.0 Å². The van der Waals surface area contributed by atoms with Crippen LogP contribution in [0.25, 0.3) is 0 Å². The molecule has 14 heavy (non-hydrogen) atoms. The number of rotatable bonds is 3. The van der Waals surface area contributed by atoms with Crippen LogP contribution >= 0.6 is 0 Å². The van der Waals surface area contributed by atoms with E-state index in [4.69, 9.17) is 5.84 Å². The van der Waals surface area contributed by atoms with Crippen LogP contribution in [-0.2, 0) is 0 Å². The number of nitrogen functional groups attached to an aromatic ring is 1. The second-order valence-electron chi connectivity index (χ2n) is 4.46. The van der Waals surface area contributed by atoms with E-state index in [1.807, 2.05) is 12.1 Å². The summed E-state index contributed by atoms with van der Waals surface area (Å²) in [5, 5.41) is 3.45. The molecule has 4 heteroatoms. The summed E-state index contributed by atoms with van der Waals surface area (Å²) in [5.41, 5.74) is 4.03. The van der Waals surface area contributed by atoms with Gasteiger partial charge in [0.15, 0.2) is 0 Å². The van der Waals surface area contributed by atoms with Gasteiger partial charge in [0.25, 0.3) is 0 Å². The number of pyridine rings is 1. The molecule has 4 N–H and O–H groups in total. The summed E-state index contributed by atoms with van der Waals surface area (Å²) >= 11 is 0. The Morgan fingerprint density at radius 3 is 2.86 bits per heavy atom. The fourth-order valence-corrected chi connectivity index (χ4v) is 1.51. The summed E-state index contributed by atoms with van der Waals surface area (Å²) in [6.45, 7) is 4.52. The molecule has 0 amide bonds. The number of nitrogens with one attached hydrogen (secondary N) is 2. The predicted molar refractivity (Wildman–Crippen MR) is 57.9 cm³/mol. The van der Waals surface area contributed by atoms with Crippen LogP contribution in [0, 0.1) is 5.41 Å². The quantitative estimate of drug-likeness (QED) is 0.502. The molecule has 76 valence electrons. The van der Waals surface area contributed by atoms with Crippen molar-refractivity contribution < 1.29 is 0 Å². The minimum absolute atomic E-state index is 0.430. The van der Waals surface area contributed by atoms with Gasteiger partial charge in [0.05, 0.1) is 0 Å². The highest BCUT2D eigenvalue weighted by Gasteiger charge is 2.45. The summed E-state index contributed by atoms with van der Waals surface area (Å²) in [6, 6.07) is 4.44.